The van der Waals surface area contributed by atoms with E-state index in [0.717, 1.165) is 18.2 Å². The van der Waals surface area contributed by atoms with Gasteiger partial charge in [0.05, 0.1) is 28.0 Å². The molecule has 10 heteroatoms. The van der Waals surface area contributed by atoms with Crippen LogP contribution in [0.5, 0.6) is 0 Å². The van der Waals surface area contributed by atoms with Gasteiger partial charge in [-0.05, 0) is 12.1 Å². The van der Waals surface area contributed by atoms with Crippen molar-refractivity contribution in [3.05, 3.63) is 73.8 Å². The molecule has 0 heterocycles. The molecule has 0 aliphatic heterocycles. The minimum atomic E-state index is -0.829. The third-order valence-electron chi connectivity index (χ3n) is 3.21. The summed E-state index contributed by atoms with van der Waals surface area (Å²) >= 11 is 0. The maximum Gasteiger partial charge on any atom is 0.277 e. The second kappa shape index (κ2) is 7.27. The van der Waals surface area contributed by atoms with Crippen LogP contribution in [-0.4, -0.2) is 28.1 Å². The van der Waals surface area contributed by atoms with Crippen LogP contribution < -0.4 is 11.1 Å². The second-order valence-electron chi connectivity index (χ2n) is 4.91. The van der Waals surface area contributed by atoms with Gasteiger partial charge in [-0.2, -0.15) is 0 Å². The van der Waals surface area contributed by atoms with E-state index in [2.05, 4.69) is 5.32 Å². The Bertz CT molecular complexity index is 848. The maximum atomic E-state index is 12.2. The van der Waals surface area contributed by atoms with E-state index < -0.39 is 27.1 Å². The Morgan fingerprint density at radius 1 is 0.960 bits per heavy atom. The number of nitro benzene ring substituents is 2. The first kappa shape index (κ1) is 17.7. The molecule has 0 saturated heterocycles. The summed E-state index contributed by atoms with van der Waals surface area (Å²) in [7, 11) is 0. The van der Waals surface area contributed by atoms with Crippen LogP contribution in [0.25, 0.3) is 0 Å². The number of rotatable bonds is 6. The van der Waals surface area contributed by atoms with E-state index >= 15 is 0 Å². The number of Topliss-reactive ketones (excluding diaryl/α,β-unsaturated/α-hetero) is 1. The number of benzene rings is 2. The summed E-state index contributed by atoms with van der Waals surface area (Å²) in [5.74, 6) is -1.12. The van der Waals surface area contributed by atoms with Gasteiger partial charge >= 0.3 is 0 Å². The molecule has 2 aromatic carbocycles. The normalized spacial score (nSPS) is 10.1. The minimum Gasteiger partial charge on any atom is -0.324 e. The van der Waals surface area contributed by atoms with Gasteiger partial charge in [-0.25, -0.2) is 0 Å². The number of carbonyl (C=O) groups is 2. The van der Waals surface area contributed by atoms with Crippen molar-refractivity contribution >= 4 is 28.8 Å². The number of amides is 1. The third kappa shape index (κ3) is 4.20. The lowest BCUT2D eigenvalue weighted by molar-refractivity contribution is -0.394. The number of anilines is 1. The van der Waals surface area contributed by atoms with Crippen molar-refractivity contribution in [3.8, 4) is 0 Å². The fourth-order valence-corrected chi connectivity index (χ4v) is 2.03. The Kier molecular flexibility index (Phi) is 5.15. The maximum absolute atomic E-state index is 12.2. The molecule has 0 saturated carbocycles. The van der Waals surface area contributed by atoms with Crippen molar-refractivity contribution in [2.75, 3.05) is 11.9 Å². The van der Waals surface area contributed by atoms with Gasteiger partial charge < -0.3 is 11.1 Å². The van der Waals surface area contributed by atoms with E-state index in [1.807, 2.05) is 0 Å². The van der Waals surface area contributed by atoms with Crippen molar-refractivity contribution in [1.82, 2.24) is 0 Å². The molecular weight excluding hydrogens is 332 g/mol. The van der Waals surface area contributed by atoms with Crippen LogP contribution in [0.1, 0.15) is 20.7 Å². The van der Waals surface area contributed by atoms with Crippen LogP contribution in [0.2, 0.25) is 0 Å². The molecule has 2 rings (SSSR count). The highest BCUT2D eigenvalue weighted by Crippen LogP contribution is 2.23. The van der Waals surface area contributed by atoms with E-state index in [-0.39, 0.29) is 29.1 Å². The van der Waals surface area contributed by atoms with Gasteiger partial charge in [-0.1, -0.05) is 12.1 Å². The molecule has 0 bridgehead atoms. The molecule has 0 radical (unpaired) electrons. The van der Waals surface area contributed by atoms with E-state index in [4.69, 9.17) is 5.73 Å². The molecular formula is C15H12N4O6. The number of nitrogens with two attached hydrogens (primary N) is 1. The average molecular weight is 344 g/mol. The first-order valence-corrected chi connectivity index (χ1v) is 6.90. The molecule has 128 valence electrons. The van der Waals surface area contributed by atoms with Crippen molar-refractivity contribution < 1.29 is 19.4 Å². The lowest BCUT2D eigenvalue weighted by atomic mass is 10.1. The van der Waals surface area contributed by atoms with Crippen molar-refractivity contribution in [2.45, 2.75) is 0 Å². The summed E-state index contributed by atoms with van der Waals surface area (Å²) in [4.78, 5) is 43.9. The standard InChI is InChI=1S/C15H12N4O6/c16-8-14(20)9-2-1-3-11(4-9)17-15(21)10-5-12(18(22)23)7-13(6-10)19(24)25/h1-7H,8,16H2,(H,17,21). The third-order valence-corrected chi connectivity index (χ3v) is 3.21. The Morgan fingerprint density at radius 2 is 1.56 bits per heavy atom. The molecule has 0 aliphatic rings. The van der Waals surface area contributed by atoms with Gasteiger partial charge in [0.15, 0.2) is 5.78 Å². The topological polar surface area (TPSA) is 158 Å². The first-order valence-electron chi connectivity index (χ1n) is 6.90. The predicted octanol–water partition coefficient (Wildman–Crippen LogP) is 1.90. The van der Waals surface area contributed by atoms with Gasteiger partial charge in [0, 0.05) is 23.4 Å². The minimum absolute atomic E-state index is 0.200. The van der Waals surface area contributed by atoms with Crippen molar-refractivity contribution in [2.24, 2.45) is 5.73 Å². The summed E-state index contributed by atoms with van der Waals surface area (Å²) in [5.41, 5.74) is 4.40. The Labute approximate surface area is 140 Å². The molecule has 0 unspecified atom stereocenters. The molecule has 0 aromatic heterocycles. The quantitative estimate of drug-likeness (QED) is 0.460. The largest absolute Gasteiger partial charge is 0.324 e. The zero-order valence-electron chi connectivity index (χ0n) is 12.7. The summed E-state index contributed by atoms with van der Waals surface area (Å²) in [6.07, 6.45) is 0. The summed E-state index contributed by atoms with van der Waals surface area (Å²) in [6.45, 7) is -0.200. The highest BCUT2D eigenvalue weighted by atomic mass is 16.6. The molecule has 2 aromatic rings. The summed E-state index contributed by atoms with van der Waals surface area (Å²) in [6, 6.07) is 8.54. The van der Waals surface area contributed by atoms with Gasteiger partial charge in [-0.3, -0.25) is 29.8 Å². The van der Waals surface area contributed by atoms with Crippen molar-refractivity contribution in [1.29, 1.82) is 0 Å². The lowest BCUT2D eigenvalue weighted by Gasteiger charge is -2.07. The number of hydrogen-bond donors (Lipinski definition) is 2. The molecule has 0 fully saturated rings. The van der Waals surface area contributed by atoms with Crippen LogP contribution >= 0.6 is 0 Å². The molecule has 10 nitrogen and oxygen atoms in total. The monoisotopic (exact) mass is 344 g/mol. The summed E-state index contributed by atoms with van der Waals surface area (Å²) in [5, 5.41) is 24.2. The van der Waals surface area contributed by atoms with E-state index in [1.165, 1.54) is 24.3 Å². The Morgan fingerprint density at radius 3 is 2.08 bits per heavy atom. The fourth-order valence-electron chi connectivity index (χ4n) is 2.03. The Hall–Kier alpha value is -3.66. The molecule has 25 heavy (non-hydrogen) atoms. The zero-order valence-corrected chi connectivity index (χ0v) is 12.7. The van der Waals surface area contributed by atoms with Gasteiger partial charge in [0.2, 0.25) is 0 Å². The number of carbonyl (C=O) groups excluding carboxylic acids is 2. The number of ketones is 1. The number of nitrogens with zero attached hydrogens (tertiary/aromatic N) is 2. The molecule has 0 aliphatic carbocycles. The van der Waals surface area contributed by atoms with Gasteiger partial charge in [0.25, 0.3) is 17.3 Å². The summed E-state index contributed by atoms with van der Waals surface area (Å²) < 4.78 is 0. The van der Waals surface area contributed by atoms with Gasteiger partial charge in [-0.15, -0.1) is 0 Å². The molecule has 1 amide bonds. The number of non-ortho nitro benzene ring substituents is 2. The predicted molar refractivity (Wildman–Crippen MR) is 87.5 cm³/mol. The number of nitro groups is 2. The average Bonchev–Trinajstić information content (AvgIpc) is 2.60. The van der Waals surface area contributed by atoms with E-state index in [9.17, 15) is 29.8 Å². The van der Waals surface area contributed by atoms with Gasteiger partial charge in [0.1, 0.15) is 0 Å². The molecule has 3 N–H and O–H groups in total. The molecule has 0 atom stereocenters. The van der Waals surface area contributed by atoms with Crippen LogP contribution in [0.4, 0.5) is 17.1 Å². The smallest absolute Gasteiger partial charge is 0.277 e. The Balaban J connectivity index is 2.33. The van der Waals surface area contributed by atoms with Crippen LogP contribution in [0.3, 0.4) is 0 Å². The number of nitrogens with one attached hydrogen (secondary N) is 1. The van der Waals surface area contributed by atoms with Crippen LogP contribution in [0.15, 0.2) is 42.5 Å². The highest BCUT2D eigenvalue weighted by molar-refractivity contribution is 6.06. The molecule has 0 spiro atoms. The SMILES string of the molecule is NCC(=O)c1cccc(NC(=O)c2cc([N+](=O)[O-])cc([N+](=O)[O-])c2)c1. The second-order valence-corrected chi connectivity index (χ2v) is 4.91. The van der Waals surface area contributed by atoms with Crippen LogP contribution in [-0.2, 0) is 0 Å². The van der Waals surface area contributed by atoms with E-state index in [1.54, 1.807) is 0 Å². The highest BCUT2D eigenvalue weighted by Gasteiger charge is 2.20. The van der Waals surface area contributed by atoms with Crippen molar-refractivity contribution in [3.63, 3.8) is 0 Å². The zero-order chi connectivity index (χ0) is 18.6. The van der Waals surface area contributed by atoms with E-state index in [0.29, 0.717) is 0 Å². The number of hydrogen-bond acceptors (Lipinski definition) is 7. The lowest BCUT2D eigenvalue weighted by Crippen LogP contribution is -2.15. The first-order chi connectivity index (χ1) is 11.8. The fraction of sp³-hybridized carbons (Fsp3) is 0.0667. The van der Waals surface area contributed by atoms with Crippen LogP contribution in [0, 0.1) is 20.2 Å².